The quantitative estimate of drug-likeness (QED) is 0.514. The van der Waals surface area contributed by atoms with Gasteiger partial charge in [0.2, 0.25) is 11.6 Å². The lowest BCUT2D eigenvalue weighted by Gasteiger charge is -1.98. The second kappa shape index (κ2) is 6.35. The summed E-state index contributed by atoms with van der Waals surface area (Å²) in [6, 6.07) is 11.4. The van der Waals surface area contributed by atoms with Crippen LogP contribution in [0.1, 0.15) is 5.69 Å². The van der Waals surface area contributed by atoms with Crippen molar-refractivity contribution in [3.05, 3.63) is 72.9 Å². The Hall–Kier alpha value is -2.62. The molecule has 4 heteroatoms. The number of aromatic nitrogens is 2. The van der Waals surface area contributed by atoms with Crippen molar-refractivity contribution < 1.29 is 9.30 Å². The number of aryl methyl sites for hydroxylation is 1. The Morgan fingerprint density at radius 3 is 2.84 bits per heavy atom. The molecule has 0 radical (unpaired) electrons. The third-order valence-electron chi connectivity index (χ3n) is 2.53. The molecule has 0 spiro atoms. The molecule has 0 aliphatic carbocycles. The van der Waals surface area contributed by atoms with Crippen LogP contribution in [0.25, 0.3) is 5.70 Å². The Kier molecular flexibility index (Phi) is 4.29. The van der Waals surface area contributed by atoms with Crippen molar-refractivity contribution in [2.45, 2.75) is 0 Å². The van der Waals surface area contributed by atoms with Crippen LogP contribution in [0.5, 0.6) is 5.88 Å². The molecular weight excluding hydrogens is 238 g/mol. The molecule has 0 aromatic carbocycles. The summed E-state index contributed by atoms with van der Waals surface area (Å²) in [5, 5.41) is 0. The Bertz CT molecular complexity index is 591. The highest BCUT2D eigenvalue weighted by Gasteiger charge is 2.05. The lowest BCUT2D eigenvalue weighted by atomic mass is 10.2. The van der Waals surface area contributed by atoms with E-state index in [1.807, 2.05) is 48.1 Å². The third-order valence-corrected chi connectivity index (χ3v) is 2.53. The van der Waals surface area contributed by atoms with Crippen LogP contribution < -0.4 is 15.0 Å². The molecule has 0 unspecified atom stereocenters. The van der Waals surface area contributed by atoms with Crippen LogP contribution in [0.3, 0.4) is 0 Å². The van der Waals surface area contributed by atoms with Gasteiger partial charge in [-0.1, -0.05) is 6.07 Å². The molecular formula is C15H16N3O+. The van der Waals surface area contributed by atoms with Crippen molar-refractivity contribution in [1.29, 1.82) is 0 Å². The van der Waals surface area contributed by atoms with E-state index >= 15 is 0 Å². The van der Waals surface area contributed by atoms with Crippen LogP contribution >= 0.6 is 0 Å². The molecule has 4 nitrogen and oxygen atoms in total. The predicted octanol–water partition coefficient (Wildman–Crippen LogP) is 1.80. The zero-order valence-electron chi connectivity index (χ0n) is 10.7. The fourth-order valence-corrected chi connectivity index (χ4v) is 1.58. The number of allylic oxidation sites excluding steroid dienone is 2. The maximum atomic E-state index is 5.99. The van der Waals surface area contributed by atoms with E-state index in [1.54, 1.807) is 30.7 Å². The molecule has 2 N–H and O–H groups in total. The average Bonchev–Trinajstić information content (AvgIpc) is 2.45. The number of nitrogens with two attached hydrogens (primary N) is 1. The lowest BCUT2D eigenvalue weighted by molar-refractivity contribution is -0.673. The largest absolute Gasteiger partial charge is 0.447 e. The van der Waals surface area contributed by atoms with Gasteiger partial charge in [0.25, 0.3) is 0 Å². The molecule has 0 fully saturated rings. The number of nitrogens with zero attached hydrogens (tertiary/aromatic N) is 2. The van der Waals surface area contributed by atoms with E-state index in [0.717, 1.165) is 5.69 Å². The fourth-order valence-electron chi connectivity index (χ4n) is 1.58. The van der Waals surface area contributed by atoms with E-state index in [1.165, 1.54) is 0 Å². The van der Waals surface area contributed by atoms with Gasteiger partial charge in [-0.2, -0.15) is 4.57 Å². The van der Waals surface area contributed by atoms with Gasteiger partial charge in [-0.15, -0.1) is 0 Å². The summed E-state index contributed by atoms with van der Waals surface area (Å²) in [6.07, 6.45) is 8.72. The lowest BCUT2D eigenvalue weighted by Crippen LogP contribution is -2.33. The number of pyridine rings is 2. The molecule has 0 saturated heterocycles. The van der Waals surface area contributed by atoms with E-state index in [9.17, 15) is 0 Å². The smallest absolute Gasteiger partial charge is 0.228 e. The van der Waals surface area contributed by atoms with Gasteiger partial charge in [0.05, 0.1) is 6.26 Å². The summed E-state index contributed by atoms with van der Waals surface area (Å²) in [4.78, 5) is 4.04. The van der Waals surface area contributed by atoms with Gasteiger partial charge >= 0.3 is 0 Å². The van der Waals surface area contributed by atoms with Gasteiger partial charge in [-0.05, 0) is 24.3 Å². The first-order valence-electron chi connectivity index (χ1n) is 5.92. The van der Waals surface area contributed by atoms with Crippen LogP contribution in [-0.4, -0.2) is 4.98 Å². The Balaban J connectivity index is 2.01. The second-order valence-electron chi connectivity index (χ2n) is 3.93. The van der Waals surface area contributed by atoms with E-state index < -0.39 is 0 Å². The maximum Gasteiger partial charge on any atom is 0.228 e. The van der Waals surface area contributed by atoms with Crippen molar-refractivity contribution >= 4 is 5.70 Å². The Morgan fingerprint density at radius 1 is 1.26 bits per heavy atom. The molecule has 2 heterocycles. The zero-order chi connectivity index (χ0) is 13.5. The second-order valence-corrected chi connectivity index (χ2v) is 3.93. The van der Waals surface area contributed by atoms with Crippen molar-refractivity contribution in [2.75, 3.05) is 0 Å². The molecule has 2 aromatic rings. The van der Waals surface area contributed by atoms with Crippen molar-refractivity contribution in [3.63, 3.8) is 0 Å². The normalized spacial score (nSPS) is 11.7. The minimum Gasteiger partial charge on any atom is -0.447 e. The van der Waals surface area contributed by atoms with Gasteiger partial charge < -0.3 is 10.5 Å². The van der Waals surface area contributed by atoms with Crippen LogP contribution in [0.4, 0.5) is 0 Å². The highest BCUT2D eigenvalue weighted by Crippen LogP contribution is 2.05. The summed E-state index contributed by atoms with van der Waals surface area (Å²) in [7, 11) is 1.95. The Labute approximate surface area is 112 Å². The van der Waals surface area contributed by atoms with E-state index in [0.29, 0.717) is 11.6 Å². The van der Waals surface area contributed by atoms with Gasteiger partial charge in [0, 0.05) is 24.4 Å². The third kappa shape index (κ3) is 3.67. The number of hydrogen-bond donors (Lipinski definition) is 1. The first-order valence-corrected chi connectivity index (χ1v) is 5.92. The van der Waals surface area contributed by atoms with Crippen LogP contribution in [0.2, 0.25) is 0 Å². The zero-order valence-corrected chi connectivity index (χ0v) is 10.7. The van der Waals surface area contributed by atoms with E-state index in [-0.39, 0.29) is 0 Å². The van der Waals surface area contributed by atoms with Crippen LogP contribution in [-0.2, 0) is 7.05 Å². The maximum absolute atomic E-state index is 5.99. The highest BCUT2D eigenvalue weighted by atomic mass is 16.5. The molecule has 96 valence electrons. The number of hydrogen-bond acceptors (Lipinski definition) is 3. The SMILES string of the molecule is C[n+]1ccccc1/C(N)=C/C=C\Oc1ccccn1. The van der Waals surface area contributed by atoms with E-state index in [4.69, 9.17) is 10.5 Å². The molecule has 19 heavy (non-hydrogen) atoms. The summed E-state index contributed by atoms with van der Waals surface area (Å²) in [6.45, 7) is 0. The number of rotatable bonds is 4. The minimum atomic E-state index is 0.552. The van der Waals surface area contributed by atoms with Gasteiger partial charge in [-0.25, -0.2) is 4.98 Å². The molecule has 2 aromatic heterocycles. The van der Waals surface area contributed by atoms with Gasteiger partial charge in [0.15, 0.2) is 6.20 Å². The molecule has 0 aliphatic rings. The molecule has 0 amide bonds. The molecule has 0 aliphatic heterocycles. The monoisotopic (exact) mass is 254 g/mol. The molecule has 0 bridgehead atoms. The summed E-state index contributed by atoms with van der Waals surface area (Å²) >= 11 is 0. The predicted molar refractivity (Wildman–Crippen MR) is 73.8 cm³/mol. The van der Waals surface area contributed by atoms with Gasteiger partial charge in [-0.3, -0.25) is 0 Å². The topological polar surface area (TPSA) is 52.0 Å². The number of ether oxygens (including phenoxy) is 1. The molecule has 0 atom stereocenters. The summed E-state index contributed by atoms with van der Waals surface area (Å²) in [5.74, 6) is 0.552. The average molecular weight is 254 g/mol. The van der Waals surface area contributed by atoms with Crippen LogP contribution in [0.15, 0.2) is 67.2 Å². The van der Waals surface area contributed by atoms with Crippen molar-refractivity contribution in [1.82, 2.24) is 4.98 Å². The molecule has 0 saturated carbocycles. The molecule has 2 rings (SSSR count). The Morgan fingerprint density at radius 2 is 2.11 bits per heavy atom. The first kappa shape index (κ1) is 12.8. The minimum absolute atomic E-state index is 0.552. The summed E-state index contributed by atoms with van der Waals surface area (Å²) in [5.41, 5.74) is 7.61. The van der Waals surface area contributed by atoms with E-state index in [2.05, 4.69) is 4.98 Å². The van der Waals surface area contributed by atoms with Crippen LogP contribution in [0, 0.1) is 0 Å². The highest BCUT2D eigenvalue weighted by molar-refractivity contribution is 5.58. The standard InChI is InChI=1S/C15H16N3O/c1-18-11-5-3-8-14(18)13(16)7-6-12-19-15-9-2-4-10-17-15/h2-12H,16H2,1H3/q+1/b12-6-,13-7-. The summed E-state index contributed by atoms with van der Waals surface area (Å²) < 4.78 is 7.28. The van der Waals surface area contributed by atoms with Crippen molar-refractivity contribution in [2.24, 2.45) is 12.8 Å². The van der Waals surface area contributed by atoms with Crippen molar-refractivity contribution in [3.8, 4) is 5.88 Å². The fraction of sp³-hybridized carbons (Fsp3) is 0.0667. The van der Waals surface area contributed by atoms with Gasteiger partial charge in [0.1, 0.15) is 12.7 Å². The first-order chi connectivity index (χ1) is 9.27.